The van der Waals surface area contributed by atoms with Gasteiger partial charge in [-0.15, -0.1) is 0 Å². The van der Waals surface area contributed by atoms with E-state index in [-0.39, 0.29) is 0 Å². The summed E-state index contributed by atoms with van der Waals surface area (Å²) in [7, 11) is 0. The van der Waals surface area contributed by atoms with Gasteiger partial charge in [0.05, 0.1) is 11.4 Å². The van der Waals surface area contributed by atoms with Gasteiger partial charge in [-0.25, -0.2) is 0 Å². The Morgan fingerprint density at radius 2 is 1.63 bits per heavy atom. The summed E-state index contributed by atoms with van der Waals surface area (Å²) in [6, 6.07) is 12.4. The fourth-order valence-electron chi connectivity index (χ4n) is 2.58. The van der Waals surface area contributed by atoms with Crippen LogP contribution in [0.15, 0.2) is 36.4 Å². The molecule has 0 aromatic heterocycles. The van der Waals surface area contributed by atoms with Crippen LogP contribution in [0.3, 0.4) is 0 Å². The van der Waals surface area contributed by atoms with Gasteiger partial charge in [0.25, 0.3) is 0 Å². The predicted molar refractivity (Wildman–Crippen MR) is 83.7 cm³/mol. The molecule has 0 radical (unpaired) electrons. The van der Waals surface area contributed by atoms with Crippen molar-refractivity contribution in [3.8, 4) is 0 Å². The third-order valence-electron chi connectivity index (χ3n) is 3.49. The third kappa shape index (κ3) is 3.28. The average Bonchev–Trinajstić information content (AvgIpc) is 2.34. The standard InChI is InChI=1S/C17H22N2/c1-12-10-13(2)15(14(3)11-12)8-9-19-17-7-5-4-6-16(17)18/h4-7,10-11,19H,8-9,18H2,1-3H3. The lowest BCUT2D eigenvalue weighted by atomic mass is 9.97. The molecule has 2 heteroatoms. The highest BCUT2D eigenvalue weighted by Gasteiger charge is 2.04. The van der Waals surface area contributed by atoms with Gasteiger partial charge >= 0.3 is 0 Å². The molecule has 0 atom stereocenters. The second-order valence-corrected chi connectivity index (χ2v) is 5.14. The number of nitrogen functional groups attached to an aromatic ring is 1. The summed E-state index contributed by atoms with van der Waals surface area (Å²) in [6.07, 6.45) is 1.02. The fraction of sp³-hybridized carbons (Fsp3) is 0.294. The van der Waals surface area contributed by atoms with Crippen molar-refractivity contribution in [2.75, 3.05) is 17.6 Å². The van der Waals surface area contributed by atoms with Crippen LogP contribution >= 0.6 is 0 Å². The number of aryl methyl sites for hydroxylation is 3. The van der Waals surface area contributed by atoms with Crippen LogP contribution in [-0.2, 0) is 6.42 Å². The predicted octanol–water partition coefficient (Wildman–Crippen LogP) is 3.85. The lowest BCUT2D eigenvalue weighted by Gasteiger charge is -2.13. The molecule has 2 aromatic carbocycles. The smallest absolute Gasteiger partial charge is 0.0574 e. The maximum atomic E-state index is 5.92. The van der Waals surface area contributed by atoms with Gasteiger partial charge in [0.15, 0.2) is 0 Å². The summed E-state index contributed by atoms with van der Waals surface area (Å²) < 4.78 is 0. The summed E-state index contributed by atoms with van der Waals surface area (Å²) in [4.78, 5) is 0. The summed E-state index contributed by atoms with van der Waals surface area (Å²) in [6.45, 7) is 7.42. The SMILES string of the molecule is Cc1cc(C)c(CCNc2ccccc2N)c(C)c1. The average molecular weight is 254 g/mol. The number of hydrogen-bond donors (Lipinski definition) is 2. The van der Waals surface area contributed by atoms with Crippen LogP contribution in [0.4, 0.5) is 11.4 Å². The van der Waals surface area contributed by atoms with E-state index in [9.17, 15) is 0 Å². The Bertz CT molecular complexity index is 550. The first-order valence-electron chi connectivity index (χ1n) is 6.73. The van der Waals surface area contributed by atoms with Crippen LogP contribution in [0.5, 0.6) is 0 Å². The maximum absolute atomic E-state index is 5.92. The molecule has 0 spiro atoms. The first-order valence-corrected chi connectivity index (χ1v) is 6.73. The second kappa shape index (κ2) is 5.79. The molecular weight excluding hydrogens is 232 g/mol. The minimum absolute atomic E-state index is 0.805. The molecule has 100 valence electrons. The number of benzene rings is 2. The van der Waals surface area contributed by atoms with E-state index in [4.69, 9.17) is 5.73 Å². The van der Waals surface area contributed by atoms with E-state index in [1.807, 2.05) is 24.3 Å². The molecule has 0 fully saturated rings. The summed E-state index contributed by atoms with van der Waals surface area (Å²) in [5.41, 5.74) is 13.3. The molecule has 3 N–H and O–H groups in total. The topological polar surface area (TPSA) is 38.0 Å². The first kappa shape index (κ1) is 13.5. The third-order valence-corrected chi connectivity index (χ3v) is 3.49. The zero-order chi connectivity index (χ0) is 13.8. The number of hydrogen-bond acceptors (Lipinski definition) is 2. The van der Waals surface area contributed by atoms with Gasteiger partial charge in [0.1, 0.15) is 0 Å². The Kier molecular flexibility index (Phi) is 4.10. The van der Waals surface area contributed by atoms with Crippen LogP contribution in [0, 0.1) is 20.8 Å². The van der Waals surface area contributed by atoms with Gasteiger partial charge in [-0.1, -0.05) is 29.8 Å². The summed E-state index contributed by atoms with van der Waals surface area (Å²) in [5, 5.41) is 3.41. The lowest BCUT2D eigenvalue weighted by Crippen LogP contribution is -2.08. The molecule has 0 aliphatic heterocycles. The van der Waals surface area contributed by atoms with E-state index in [1.54, 1.807) is 0 Å². The van der Waals surface area contributed by atoms with Crippen molar-refractivity contribution < 1.29 is 0 Å². The Morgan fingerprint density at radius 3 is 2.26 bits per heavy atom. The molecule has 0 saturated heterocycles. The Hall–Kier alpha value is -1.96. The molecule has 2 aromatic rings. The van der Waals surface area contributed by atoms with Crippen molar-refractivity contribution in [3.63, 3.8) is 0 Å². The zero-order valence-electron chi connectivity index (χ0n) is 12.0. The van der Waals surface area contributed by atoms with Gasteiger partial charge in [-0.05, 0) is 56.0 Å². The number of nitrogens with two attached hydrogens (primary N) is 1. The Morgan fingerprint density at radius 1 is 1.00 bits per heavy atom. The van der Waals surface area contributed by atoms with Gasteiger partial charge in [-0.3, -0.25) is 0 Å². The quantitative estimate of drug-likeness (QED) is 0.813. The molecule has 2 rings (SSSR count). The summed E-state index contributed by atoms with van der Waals surface area (Å²) >= 11 is 0. The highest BCUT2D eigenvalue weighted by molar-refractivity contribution is 5.65. The van der Waals surface area contributed by atoms with Crippen molar-refractivity contribution in [2.24, 2.45) is 0 Å². The lowest BCUT2D eigenvalue weighted by molar-refractivity contribution is 0.987. The molecule has 0 aliphatic carbocycles. The maximum Gasteiger partial charge on any atom is 0.0574 e. The van der Waals surface area contributed by atoms with E-state index in [1.165, 1.54) is 22.3 Å². The molecule has 19 heavy (non-hydrogen) atoms. The van der Waals surface area contributed by atoms with Gasteiger partial charge in [0, 0.05) is 6.54 Å². The van der Waals surface area contributed by atoms with Gasteiger partial charge < -0.3 is 11.1 Å². The van der Waals surface area contributed by atoms with Crippen LogP contribution in [0.1, 0.15) is 22.3 Å². The van der Waals surface area contributed by atoms with E-state index < -0.39 is 0 Å². The monoisotopic (exact) mass is 254 g/mol. The minimum atomic E-state index is 0.805. The zero-order valence-corrected chi connectivity index (χ0v) is 12.0. The molecule has 0 aliphatic rings. The Labute approximate surface area is 115 Å². The van der Waals surface area contributed by atoms with Crippen molar-refractivity contribution in [3.05, 3.63) is 58.7 Å². The van der Waals surface area contributed by atoms with Gasteiger partial charge in [0.2, 0.25) is 0 Å². The first-order chi connectivity index (χ1) is 9.08. The summed E-state index contributed by atoms with van der Waals surface area (Å²) in [5.74, 6) is 0. The van der Waals surface area contributed by atoms with Crippen molar-refractivity contribution in [2.45, 2.75) is 27.2 Å². The van der Waals surface area contributed by atoms with Crippen LogP contribution < -0.4 is 11.1 Å². The largest absolute Gasteiger partial charge is 0.397 e. The number of rotatable bonds is 4. The fourth-order valence-corrected chi connectivity index (χ4v) is 2.58. The van der Waals surface area contributed by atoms with Crippen LogP contribution in [0.2, 0.25) is 0 Å². The van der Waals surface area contributed by atoms with Crippen molar-refractivity contribution in [1.82, 2.24) is 0 Å². The molecule has 0 amide bonds. The highest BCUT2D eigenvalue weighted by Crippen LogP contribution is 2.19. The Balaban J connectivity index is 2.02. The number of para-hydroxylation sites is 2. The van der Waals surface area contributed by atoms with Crippen LogP contribution in [0.25, 0.3) is 0 Å². The van der Waals surface area contributed by atoms with E-state index in [0.717, 1.165) is 24.3 Å². The van der Waals surface area contributed by atoms with E-state index >= 15 is 0 Å². The second-order valence-electron chi connectivity index (χ2n) is 5.14. The number of nitrogens with one attached hydrogen (secondary N) is 1. The molecule has 0 saturated carbocycles. The number of anilines is 2. The molecule has 0 heterocycles. The normalized spacial score (nSPS) is 10.5. The highest BCUT2D eigenvalue weighted by atomic mass is 14.9. The van der Waals surface area contributed by atoms with Crippen molar-refractivity contribution in [1.29, 1.82) is 0 Å². The van der Waals surface area contributed by atoms with E-state index in [0.29, 0.717) is 0 Å². The minimum Gasteiger partial charge on any atom is -0.397 e. The molecule has 0 unspecified atom stereocenters. The van der Waals surface area contributed by atoms with Gasteiger partial charge in [-0.2, -0.15) is 0 Å². The molecular formula is C17H22N2. The molecule has 0 bridgehead atoms. The van der Waals surface area contributed by atoms with Crippen LogP contribution in [-0.4, -0.2) is 6.54 Å². The van der Waals surface area contributed by atoms with E-state index in [2.05, 4.69) is 38.2 Å². The molecule has 2 nitrogen and oxygen atoms in total. The van der Waals surface area contributed by atoms with Crippen molar-refractivity contribution >= 4 is 11.4 Å².